The second-order valence-corrected chi connectivity index (χ2v) is 2.19. The van der Waals surface area contributed by atoms with Crippen LogP contribution in [0.25, 0.3) is 0 Å². The fourth-order valence-corrected chi connectivity index (χ4v) is 0.639. The Kier molecular flexibility index (Phi) is 31.7. The van der Waals surface area contributed by atoms with Crippen LogP contribution >= 0.6 is 0 Å². The molecule has 0 radical (unpaired) electrons. The maximum absolute atomic E-state index is 10.3. The summed E-state index contributed by atoms with van der Waals surface area (Å²) in [6, 6.07) is 0. The fourth-order valence-electron chi connectivity index (χ4n) is 0.639. The molecule has 0 atom stereocenters. The molecule has 13 heavy (non-hydrogen) atoms. The minimum absolute atomic E-state index is 0.0751. The number of carbonyl (C=O) groups excluding carboxylic acids is 1. The molecule has 0 saturated heterocycles. The van der Waals surface area contributed by atoms with Gasteiger partial charge in [-0.15, -0.1) is 0 Å². The molecule has 0 aromatic rings. The highest BCUT2D eigenvalue weighted by molar-refractivity contribution is 5.72. The van der Waals surface area contributed by atoms with Crippen molar-refractivity contribution in [3.63, 3.8) is 0 Å². The molecule has 0 rings (SSSR count). The van der Waals surface area contributed by atoms with Gasteiger partial charge in [0.1, 0.15) is 0 Å². The molecule has 0 spiro atoms. The van der Waals surface area contributed by atoms with Gasteiger partial charge in [-0.3, -0.25) is 4.79 Å². The van der Waals surface area contributed by atoms with Crippen molar-refractivity contribution >= 4 is 5.91 Å². The van der Waals surface area contributed by atoms with Crippen molar-refractivity contribution in [2.75, 3.05) is 6.54 Å². The van der Waals surface area contributed by atoms with Gasteiger partial charge in [-0.25, -0.2) is 0 Å². The smallest absolute Gasteiger partial charge is 0.216 e. The second-order valence-electron chi connectivity index (χ2n) is 2.19. The van der Waals surface area contributed by atoms with Gasteiger partial charge in [0.15, 0.2) is 0 Å². The molecule has 0 aliphatic carbocycles. The van der Waals surface area contributed by atoms with Gasteiger partial charge >= 0.3 is 0 Å². The largest absolute Gasteiger partial charge is 0.356 e. The Morgan fingerprint density at radius 2 is 1.54 bits per heavy atom. The molecule has 0 aliphatic rings. The van der Waals surface area contributed by atoms with Crippen LogP contribution in [0.1, 0.15) is 60.8 Å². The van der Waals surface area contributed by atoms with Gasteiger partial charge in [0.05, 0.1) is 0 Å². The highest BCUT2D eigenvalue weighted by Crippen LogP contribution is 1.90. The zero-order chi connectivity index (χ0) is 11.1. The lowest BCUT2D eigenvalue weighted by molar-refractivity contribution is -0.118. The molecule has 0 saturated carbocycles. The average Bonchev–Trinajstić information content (AvgIpc) is 2.19. The number of nitrogens with one attached hydrogen (secondary N) is 1. The number of rotatable bonds is 4. The van der Waals surface area contributed by atoms with Crippen molar-refractivity contribution in [2.45, 2.75) is 60.8 Å². The number of hydrogen-bond donors (Lipinski definition) is 1. The maximum atomic E-state index is 10.3. The number of unbranched alkanes of at least 4 members (excludes halogenated alkanes) is 2. The van der Waals surface area contributed by atoms with Gasteiger partial charge in [-0.05, 0) is 6.42 Å². The summed E-state index contributed by atoms with van der Waals surface area (Å²) in [5.41, 5.74) is 0. The van der Waals surface area contributed by atoms with Crippen LogP contribution in [-0.4, -0.2) is 12.5 Å². The SMILES string of the molecule is CC.CC.CCCCCNC(C)=O. The fraction of sp³-hybridized carbons (Fsp3) is 0.909. The summed E-state index contributed by atoms with van der Waals surface area (Å²) < 4.78 is 0. The Morgan fingerprint density at radius 1 is 1.08 bits per heavy atom. The van der Waals surface area contributed by atoms with E-state index in [0.29, 0.717) is 0 Å². The molecule has 82 valence electrons. The van der Waals surface area contributed by atoms with E-state index in [1.54, 1.807) is 6.92 Å². The van der Waals surface area contributed by atoms with Crippen molar-refractivity contribution in [3.8, 4) is 0 Å². The van der Waals surface area contributed by atoms with Crippen LogP contribution < -0.4 is 5.32 Å². The molecule has 1 amide bonds. The molecule has 0 aromatic heterocycles. The van der Waals surface area contributed by atoms with Crippen molar-refractivity contribution in [1.82, 2.24) is 5.32 Å². The van der Waals surface area contributed by atoms with Gasteiger partial charge in [0.25, 0.3) is 0 Å². The third kappa shape index (κ3) is 34.4. The van der Waals surface area contributed by atoms with Crippen LogP contribution in [0.3, 0.4) is 0 Å². The minimum atomic E-state index is 0.0751. The summed E-state index contributed by atoms with van der Waals surface area (Å²) in [6.45, 7) is 12.5. The van der Waals surface area contributed by atoms with E-state index in [1.165, 1.54) is 12.8 Å². The highest BCUT2D eigenvalue weighted by Gasteiger charge is 1.87. The molecule has 2 heteroatoms. The van der Waals surface area contributed by atoms with E-state index in [4.69, 9.17) is 0 Å². The third-order valence-corrected chi connectivity index (χ3v) is 1.15. The van der Waals surface area contributed by atoms with E-state index in [-0.39, 0.29) is 5.91 Å². The van der Waals surface area contributed by atoms with E-state index in [9.17, 15) is 4.79 Å². The quantitative estimate of drug-likeness (QED) is 0.675. The summed E-state index contributed by atoms with van der Waals surface area (Å²) in [4.78, 5) is 10.3. The van der Waals surface area contributed by atoms with Crippen LogP contribution in [-0.2, 0) is 4.79 Å². The summed E-state index contributed by atoms with van der Waals surface area (Å²) in [6.07, 6.45) is 3.52. The first-order valence-electron chi connectivity index (χ1n) is 5.51. The zero-order valence-electron chi connectivity index (χ0n) is 10.2. The molecule has 0 aromatic carbocycles. The van der Waals surface area contributed by atoms with Crippen LogP contribution in [0.2, 0.25) is 0 Å². The first-order chi connectivity index (χ1) is 6.27. The summed E-state index contributed by atoms with van der Waals surface area (Å²) in [5, 5.41) is 2.74. The van der Waals surface area contributed by atoms with Crippen LogP contribution in [0, 0.1) is 0 Å². The third-order valence-electron chi connectivity index (χ3n) is 1.15. The predicted octanol–water partition coefficient (Wildman–Crippen LogP) is 3.37. The Morgan fingerprint density at radius 3 is 1.85 bits per heavy atom. The summed E-state index contributed by atoms with van der Waals surface area (Å²) in [5.74, 6) is 0.0751. The van der Waals surface area contributed by atoms with Gasteiger partial charge < -0.3 is 5.32 Å². The Hall–Kier alpha value is -0.530. The molecule has 0 fully saturated rings. The topological polar surface area (TPSA) is 29.1 Å². The van der Waals surface area contributed by atoms with Crippen molar-refractivity contribution in [3.05, 3.63) is 0 Å². The van der Waals surface area contributed by atoms with Gasteiger partial charge in [-0.2, -0.15) is 0 Å². The van der Waals surface area contributed by atoms with Gasteiger partial charge in [0.2, 0.25) is 5.91 Å². The van der Waals surface area contributed by atoms with Crippen molar-refractivity contribution in [2.24, 2.45) is 0 Å². The Balaban J connectivity index is -0.000000218. The predicted molar refractivity (Wildman–Crippen MR) is 60.9 cm³/mol. The first kappa shape index (κ1) is 18.3. The number of hydrogen-bond acceptors (Lipinski definition) is 1. The molecular formula is C11H27NO. The Bertz CT molecular complexity index is 82.2. The number of carbonyl (C=O) groups is 1. The molecule has 0 bridgehead atoms. The lowest BCUT2D eigenvalue weighted by atomic mass is 10.2. The van der Waals surface area contributed by atoms with Crippen LogP contribution in [0.15, 0.2) is 0 Å². The van der Waals surface area contributed by atoms with Crippen molar-refractivity contribution < 1.29 is 4.79 Å². The second kappa shape index (κ2) is 22.5. The summed E-state index contributed by atoms with van der Waals surface area (Å²) >= 11 is 0. The number of amides is 1. The summed E-state index contributed by atoms with van der Waals surface area (Å²) in [7, 11) is 0. The first-order valence-corrected chi connectivity index (χ1v) is 5.51. The monoisotopic (exact) mass is 189 g/mol. The molecular weight excluding hydrogens is 162 g/mol. The molecule has 1 N–H and O–H groups in total. The maximum Gasteiger partial charge on any atom is 0.216 e. The van der Waals surface area contributed by atoms with E-state index >= 15 is 0 Å². The van der Waals surface area contributed by atoms with Crippen LogP contribution in [0.4, 0.5) is 0 Å². The molecule has 2 nitrogen and oxygen atoms in total. The lowest BCUT2D eigenvalue weighted by Gasteiger charge is -1.98. The minimum Gasteiger partial charge on any atom is -0.356 e. The highest BCUT2D eigenvalue weighted by atomic mass is 16.1. The Labute approximate surface area is 84.1 Å². The van der Waals surface area contributed by atoms with Gasteiger partial charge in [0, 0.05) is 13.5 Å². The van der Waals surface area contributed by atoms with Gasteiger partial charge in [-0.1, -0.05) is 47.5 Å². The molecule has 0 aliphatic heterocycles. The zero-order valence-corrected chi connectivity index (χ0v) is 10.2. The van der Waals surface area contributed by atoms with E-state index in [2.05, 4.69) is 12.2 Å². The van der Waals surface area contributed by atoms with E-state index < -0.39 is 0 Å². The van der Waals surface area contributed by atoms with E-state index in [1.807, 2.05) is 27.7 Å². The lowest BCUT2D eigenvalue weighted by Crippen LogP contribution is -2.20. The average molecular weight is 189 g/mol. The van der Waals surface area contributed by atoms with Crippen LogP contribution in [0.5, 0.6) is 0 Å². The molecule has 0 heterocycles. The van der Waals surface area contributed by atoms with Crippen molar-refractivity contribution in [1.29, 1.82) is 0 Å². The normalized spacial score (nSPS) is 7.23. The van der Waals surface area contributed by atoms with E-state index in [0.717, 1.165) is 13.0 Å². The standard InChI is InChI=1S/C7H15NO.2C2H6/c1-3-4-5-6-8-7(2)9;2*1-2/h3-6H2,1-2H3,(H,8,9);2*1-2H3. The molecule has 0 unspecified atom stereocenters.